The zero-order chi connectivity index (χ0) is 17.8. The van der Waals surface area contributed by atoms with Crippen molar-refractivity contribution in [3.05, 3.63) is 29.3 Å². The number of nitrogens with one attached hydrogen (secondary N) is 2. The predicted molar refractivity (Wildman–Crippen MR) is 64.5 cm³/mol. The van der Waals surface area contributed by atoms with Gasteiger partial charge in [-0.3, -0.25) is 10.1 Å². The molecule has 0 radical (unpaired) electrons. The van der Waals surface area contributed by atoms with E-state index in [1.165, 1.54) is 7.05 Å². The molecule has 3 amide bonds. The average molecular weight is 344 g/mol. The largest absolute Gasteiger partial charge is 0.484 e. The number of ether oxygens (including phenoxy) is 1. The molecule has 0 bridgehead atoms. The van der Waals surface area contributed by atoms with E-state index in [0.29, 0.717) is 12.1 Å². The van der Waals surface area contributed by atoms with E-state index in [1.54, 1.807) is 5.32 Å². The molecule has 1 aromatic rings. The van der Waals surface area contributed by atoms with Crippen LogP contribution in [0.3, 0.4) is 0 Å². The summed E-state index contributed by atoms with van der Waals surface area (Å²) in [7, 11) is 1.20. The first kappa shape index (κ1) is 18.6. The number of amides is 3. The third-order valence-electron chi connectivity index (χ3n) is 2.41. The summed E-state index contributed by atoms with van der Waals surface area (Å²) in [6.07, 6.45) is -10.0. The second-order valence-electron chi connectivity index (χ2n) is 4.16. The molecule has 0 aliphatic heterocycles. The molecule has 0 aliphatic rings. The van der Waals surface area contributed by atoms with Gasteiger partial charge in [0.15, 0.2) is 6.61 Å². The highest BCUT2D eigenvalue weighted by atomic mass is 19.4. The number of alkyl halides is 6. The van der Waals surface area contributed by atoms with Crippen LogP contribution in [0.2, 0.25) is 0 Å². The number of rotatable bonds is 3. The highest BCUT2D eigenvalue weighted by molar-refractivity contribution is 5.94. The summed E-state index contributed by atoms with van der Waals surface area (Å²) in [5, 5.41) is 3.76. The number of hydrogen-bond donors (Lipinski definition) is 2. The van der Waals surface area contributed by atoms with E-state index in [2.05, 4.69) is 4.74 Å². The topological polar surface area (TPSA) is 67.4 Å². The highest BCUT2D eigenvalue weighted by Crippen LogP contribution is 2.38. The zero-order valence-corrected chi connectivity index (χ0v) is 11.4. The number of halogens is 6. The molecule has 0 aromatic heterocycles. The van der Waals surface area contributed by atoms with E-state index in [1.807, 2.05) is 5.32 Å². The lowest BCUT2D eigenvalue weighted by atomic mass is 10.1. The fraction of sp³-hybridized carbons (Fsp3) is 0.333. The van der Waals surface area contributed by atoms with Crippen molar-refractivity contribution in [3.8, 4) is 5.75 Å². The maximum atomic E-state index is 12.6. The van der Waals surface area contributed by atoms with Gasteiger partial charge in [0.1, 0.15) is 5.75 Å². The molecule has 0 fully saturated rings. The van der Waals surface area contributed by atoms with Crippen molar-refractivity contribution < 1.29 is 40.7 Å². The van der Waals surface area contributed by atoms with E-state index in [-0.39, 0.29) is 6.07 Å². The van der Waals surface area contributed by atoms with Crippen LogP contribution in [0.5, 0.6) is 5.75 Å². The minimum absolute atomic E-state index is 0.0720. The van der Waals surface area contributed by atoms with Crippen LogP contribution in [0.25, 0.3) is 0 Å². The lowest BCUT2D eigenvalue weighted by Gasteiger charge is -2.14. The van der Waals surface area contributed by atoms with Gasteiger partial charge >= 0.3 is 18.4 Å². The summed E-state index contributed by atoms with van der Waals surface area (Å²) >= 11 is 0. The van der Waals surface area contributed by atoms with Gasteiger partial charge in [0, 0.05) is 7.05 Å². The number of carbonyl (C=O) groups excluding carboxylic acids is 2. The SMILES string of the molecule is CNC(=O)NC(=O)COc1cc(C(F)(F)F)cc(C(F)(F)F)c1. The van der Waals surface area contributed by atoms with Crippen LogP contribution in [0.1, 0.15) is 11.1 Å². The number of urea groups is 1. The minimum atomic E-state index is -5.02. The Kier molecular flexibility index (Phi) is 5.46. The van der Waals surface area contributed by atoms with E-state index in [4.69, 9.17) is 0 Å². The van der Waals surface area contributed by atoms with Crippen LogP contribution in [-0.2, 0) is 17.1 Å². The van der Waals surface area contributed by atoms with Gasteiger partial charge in [-0.2, -0.15) is 26.3 Å². The molecule has 128 valence electrons. The first-order valence-electron chi connectivity index (χ1n) is 5.87. The Labute approximate surface area is 125 Å². The molecule has 23 heavy (non-hydrogen) atoms. The van der Waals surface area contributed by atoms with Crippen molar-refractivity contribution in [1.29, 1.82) is 0 Å². The summed E-state index contributed by atoms with van der Waals surface area (Å²) in [6, 6.07) is -0.332. The normalized spacial score (nSPS) is 11.8. The van der Waals surface area contributed by atoms with Crippen LogP contribution in [0.15, 0.2) is 18.2 Å². The molecule has 0 heterocycles. The first-order valence-corrected chi connectivity index (χ1v) is 5.87. The third-order valence-corrected chi connectivity index (χ3v) is 2.41. The highest BCUT2D eigenvalue weighted by Gasteiger charge is 2.37. The van der Waals surface area contributed by atoms with Crippen molar-refractivity contribution in [2.24, 2.45) is 0 Å². The van der Waals surface area contributed by atoms with E-state index in [0.717, 1.165) is 0 Å². The molecule has 2 N–H and O–H groups in total. The Bertz CT molecular complexity index is 565. The van der Waals surface area contributed by atoms with Gasteiger partial charge in [0.05, 0.1) is 11.1 Å². The number of benzene rings is 1. The Hall–Kier alpha value is -2.46. The van der Waals surface area contributed by atoms with Gasteiger partial charge in [-0.05, 0) is 18.2 Å². The second kappa shape index (κ2) is 6.75. The van der Waals surface area contributed by atoms with Crippen molar-refractivity contribution in [3.63, 3.8) is 0 Å². The van der Waals surface area contributed by atoms with Crippen LogP contribution < -0.4 is 15.4 Å². The number of imide groups is 1. The van der Waals surface area contributed by atoms with Crippen molar-refractivity contribution in [1.82, 2.24) is 10.6 Å². The molecular weight excluding hydrogens is 334 g/mol. The average Bonchev–Trinajstić information content (AvgIpc) is 2.42. The smallest absolute Gasteiger partial charge is 0.416 e. The summed E-state index contributed by atoms with van der Waals surface area (Å²) in [5.41, 5.74) is -3.15. The van der Waals surface area contributed by atoms with Gasteiger partial charge in [-0.25, -0.2) is 4.79 Å². The predicted octanol–water partition coefficient (Wildman–Crippen LogP) is 2.56. The molecule has 0 saturated carbocycles. The summed E-state index contributed by atoms with van der Waals surface area (Å²) in [4.78, 5) is 22.0. The minimum Gasteiger partial charge on any atom is -0.484 e. The summed E-state index contributed by atoms with van der Waals surface area (Å²) in [6.45, 7) is -0.938. The lowest BCUT2D eigenvalue weighted by Crippen LogP contribution is -2.39. The molecular formula is C12H10F6N2O3. The maximum Gasteiger partial charge on any atom is 0.416 e. The van der Waals surface area contributed by atoms with Gasteiger partial charge in [-0.1, -0.05) is 0 Å². The molecule has 0 aliphatic carbocycles. The van der Waals surface area contributed by atoms with Crippen molar-refractivity contribution in [2.45, 2.75) is 12.4 Å². The van der Waals surface area contributed by atoms with Crippen molar-refractivity contribution in [2.75, 3.05) is 13.7 Å². The molecule has 1 rings (SSSR count). The maximum absolute atomic E-state index is 12.6. The molecule has 0 spiro atoms. The third kappa shape index (κ3) is 5.68. The summed E-state index contributed by atoms with van der Waals surface area (Å²) < 4.78 is 80.2. The number of carbonyl (C=O) groups is 2. The van der Waals surface area contributed by atoms with Crippen LogP contribution in [0.4, 0.5) is 31.1 Å². The molecule has 0 atom stereocenters. The molecule has 0 unspecified atom stereocenters. The monoisotopic (exact) mass is 344 g/mol. The molecule has 0 saturated heterocycles. The lowest BCUT2D eigenvalue weighted by molar-refractivity contribution is -0.143. The Morgan fingerprint density at radius 2 is 1.48 bits per heavy atom. The second-order valence-corrected chi connectivity index (χ2v) is 4.16. The van der Waals surface area contributed by atoms with Gasteiger partial charge in [0.2, 0.25) is 0 Å². The fourth-order valence-corrected chi connectivity index (χ4v) is 1.38. The van der Waals surface area contributed by atoms with Gasteiger partial charge < -0.3 is 10.1 Å². The Morgan fingerprint density at radius 1 is 1.00 bits per heavy atom. The standard InChI is InChI=1S/C12H10F6N2O3/c1-19-10(22)20-9(21)5-23-8-3-6(11(13,14)15)2-7(4-8)12(16,17)18/h2-4H,5H2,1H3,(H2,19,20,21,22). The molecule has 11 heteroatoms. The van der Waals surface area contributed by atoms with E-state index in [9.17, 15) is 35.9 Å². The fourth-order valence-electron chi connectivity index (χ4n) is 1.38. The van der Waals surface area contributed by atoms with Crippen molar-refractivity contribution >= 4 is 11.9 Å². The van der Waals surface area contributed by atoms with Crippen LogP contribution in [0, 0.1) is 0 Å². The molecule has 1 aromatic carbocycles. The van der Waals surface area contributed by atoms with E-state index >= 15 is 0 Å². The summed E-state index contributed by atoms with van der Waals surface area (Å²) in [5.74, 6) is -1.85. The Morgan fingerprint density at radius 3 is 1.87 bits per heavy atom. The molecule has 5 nitrogen and oxygen atoms in total. The van der Waals surface area contributed by atoms with Gasteiger partial charge in [-0.15, -0.1) is 0 Å². The first-order chi connectivity index (χ1) is 10.4. The van der Waals surface area contributed by atoms with Gasteiger partial charge in [0.25, 0.3) is 5.91 Å². The zero-order valence-electron chi connectivity index (χ0n) is 11.4. The Balaban J connectivity index is 2.98. The van der Waals surface area contributed by atoms with Crippen LogP contribution >= 0.6 is 0 Å². The van der Waals surface area contributed by atoms with E-state index < -0.39 is 47.8 Å². The van der Waals surface area contributed by atoms with Crippen LogP contribution in [-0.4, -0.2) is 25.6 Å². The number of hydrogen-bond acceptors (Lipinski definition) is 3. The quantitative estimate of drug-likeness (QED) is 0.828.